The molecule has 0 spiro atoms. The zero-order chi connectivity index (χ0) is 13.8. The second kappa shape index (κ2) is 6.42. The molecule has 0 heterocycles. The van der Waals surface area contributed by atoms with Crippen molar-refractivity contribution in [1.29, 1.82) is 0 Å². The van der Waals surface area contributed by atoms with Crippen molar-refractivity contribution in [3.05, 3.63) is 28.8 Å². The fraction of sp³-hybridized carbons (Fsp3) is 0.647. The molecule has 0 unspecified atom stereocenters. The van der Waals surface area contributed by atoms with Crippen LogP contribution in [-0.4, -0.2) is 20.2 Å². The average molecular weight is 261 g/mol. The lowest BCUT2D eigenvalue weighted by Crippen LogP contribution is -2.30. The molecule has 2 heteroatoms. The van der Waals surface area contributed by atoms with Crippen molar-refractivity contribution in [2.45, 2.75) is 52.0 Å². The summed E-state index contributed by atoms with van der Waals surface area (Å²) in [4.78, 5) is 0. The Bertz CT molecular complexity index is 420. The van der Waals surface area contributed by atoms with Crippen LogP contribution in [0, 0.1) is 19.8 Å². The van der Waals surface area contributed by atoms with E-state index < -0.39 is 0 Å². The number of hydrogen-bond acceptors (Lipinski definition) is 2. The number of benzene rings is 1. The lowest BCUT2D eigenvalue weighted by molar-refractivity contribution is 0.300. The van der Waals surface area contributed by atoms with Crippen molar-refractivity contribution in [3.63, 3.8) is 0 Å². The molecule has 19 heavy (non-hydrogen) atoms. The van der Waals surface area contributed by atoms with Crippen molar-refractivity contribution in [2.24, 2.45) is 5.92 Å². The number of ether oxygens (including phenoxy) is 1. The third-order valence-corrected chi connectivity index (χ3v) is 4.83. The minimum Gasteiger partial charge on any atom is -0.496 e. The fourth-order valence-corrected chi connectivity index (χ4v) is 3.26. The predicted molar refractivity (Wildman–Crippen MR) is 81.0 cm³/mol. The highest BCUT2D eigenvalue weighted by atomic mass is 16.5. The minimum atomic E-state index is 0.745. The van der Waals surface area contributed by atoms with Gasteiger partial charge in [-0.1, -0.05) is 6.07 Å². The van der Waals surface area contributed by atoms with Gasteiger partial charge in [0.1, 0.15) is 5.75 Å². The summed E-state index contributed by atoms with van der Waals surface area (Å²) in [5, 5.41) is 3.41. The van der Waals surface area contributed by atoms with Crippen LogP contribution in [0.4, 0.5) is 0 Å². The summed E-state index contributed by atoms with van der Waals surface area (Å²) in [7, 11) is 3.84. The molecular weight excluding hydrogens is 234 g/mol. The van der Waals surface area contributed by atoms with Crippen LogP contribution < -0.4 is 10.1 Å². The maximum absolute atomic E-state index is 5.39. The predicted octanol–water partition coefficient (Wildman–Crippen LogP) is 3.63. The molecule has 0 aliphatic heterocycles. The van der Waals surface area contributed by atoms with Crippen LogP contribution in [0.2, 0.25) is 0 Å². The van der Waals surface area contributed by atoms with Crippen molar-refractivity contribution >= 4 is 0 Å². The molecule has 0 bridgehead atoms. The summed E-state index contributed by atoms with van der Waals surface area (Å²) < 4.78 is 5.39. The van der Waals surface area contributed by atoms with Gasteiger partial charge in [-0.15, -0.1) is 0 Å². The van der Waals surface area contributed by atoms with Gasteiger partial charge in [0.2, 0.25) is 0 Å². The van der Waals surface area contributed by atoms with Crippen LogP contribution in [0.1, 0.15) is 42.4 Å². The Morgan fingerprint density at radius 2 is 1.79 bits per heavy atom. The van der Waals surface area contributed by atoms with E-state index in [0.29, 0.717) is 0 Å². The van der Waals surface area contributed by atoms with E-state index in [-0.39, 0.29) is 0 Å². The van der Waals surface area contributed by atoms with Gasteiger partial charge in [-0.3, -0.25) is 0 Å². The van der Waals surface area contributed by atoms with Gasteiger partial charge in [-0.2, -0.15) is 0 Å². The van der Waals surface area contributed by atoms with Gasteiger partial charge in [0.25, 0.3) is 0 Å². The minimum absolute atomic E-state index is 0.745. The maximum atomic E-state index is 5.39. The number of hydrogen-bond donors (Lipinski definition) is 1. The Kier molecular flexibility index (Phi) is 4.87. The van der Waals surface area contributed by atoms with E-state index >= 15 is 0 Å². The molecule has 1 aliphatic rings. The summed E-state index contributed by atoms with van der Waals surface area (Å²) in [5.41, 5.74) is 4.21. The normalized spacial score (nSPS) is 23.4. The molecule has 106 valence electrons. The first-order chi connectivity index (χ1) is 9.15. The first-order valence-electron chi connectivity index (χ1n) is 7.46. The molecule has 1 aromatic carbocycles. The van der Waals surface area contributed by atoms with Crippen molar-refractivity contribution in [2.75, 3.05) is 14.2 Å². The molecule has 1 aliphatic carbocycles. The van der Waals surface area contributed by atoms with Gasteiger partial charge in [-0.05, 0) is 81.7 Å². The Hall–Kier alpha value is -1.02. The standard InChI is InChI=1S/C17H27NO/c1-12-13(2)17(19-4)10-7-15(12)11-14-5-8-16(18-3)9-6-14/h7,10,14,16,18H,5-6,8-9,11H2,1-4H3. The lowest BCUT2D eigenvalue weighted by Gasteiger charge is -2.28. The highest BCUT2D eigenvalue weighted by molar-refractivity contribution is 5.43. The lowest BCUT2D eigenvalue weighted by atomic mass is 9.81. The first-order valence-corrected chi connectivity index (χ1v) is 7.46. The van der Waals surface area contributed by atoms with E-state index in [1.54, 1.807) is 7.11 Å². The average Bonchev–Trinajstić information content (AvgIpc) is 2.45. The zero-order valence-corrected chi connectivity index (χ0v) is 12.8. The van der Waals surface area contributed by atoms with Crippen LogP contribution >= 0.6 is 0 Å². The highest BCUT2D eigenvalue weighted by Gasteiger charge is 2.21. The van der Waals surface area contributed by atoms with Gasteiger partial charge in [0.05, 0.1) is 7.11 Å². The van der Waals surface area contributed by atoms with Crippen molar-refractivity contribution in [3.8, 4) is 5.75 Å². The van der Waals surface area contributed by atoms with Crippen molar-refractivity contribution < 1.29 is 4.74 Å². The molecule has 1 N–H and O–H groups in total. The van der Waals surface area contributed by atoms with Crippen LogP contribution in [0.15, 0.2) is 12.1 Å². The molecule has 1 aromatic rings. The van der Waals surface area contributed by atoms with E-state index in [2.05, 4.69) is 38.3 Å². The summed E-state index contributed by atoms with van der Waals surface area (Å²) in [5.74, 6) is 1.87. The highest BCUT2D eigenvalue weighted by Crippen LogP contribution is 2.31. The van der Waals surface area contributed by atoms with Gasteiger partial charge >= 0.3 is 0 Å². The quantitative estimate of drug-likeness (QED) is 0.893. The Labute approximate surface area is 117 Å². The third-order valence-electron chi connectivity index (χ3n) is 4.83. The number of rotatable bonds is 4. The maximum Gasteiger partial charge on any atom is 0.122 e. The van der Waals surface area contributed by atoms with Crippen LogP contribution in [0.5, 0.6) is 5.75 Å². The molecule has 0 radical (unpaired) electrons. The Balaban J connectivity index is 2.02. The molecule has 1 fully saturated rings. The van der Waals surface area contributed by atoms with Gasteiger partial charge in [0, 0.05) is 6.04 Å². The summed E-state index contributed by atoms with van der Waals surface area (Å²) in [6.45, 7) is 4.39. The van der Waals surface area contributed by atoms with Crippen LogP contribution in [0.25, 0.3) is 0 Å². The monoisotopic (exact) mass is 261 g/mol. The smallest absolute Gasteiger partial charge is 0.122 e. The molecule has 1 saturated carbocycles. The van der Waals surface area contributed by atoms with Crippen LogP contribution in [0.3, 0.4) is 0 Å². The molecule has 0 aromatic heterocycles. The van der Waals surface area contributed by atoms with E-state index in [4.69, 9.17) is 4.74 Å². The molecule has 0 amide bonds. The first kappa shape index (κ1) is 14.4. The van der Waals surface area contributed by atoms with E-state index in [1.165, 1.54) is 48.8 Å². The summed E-state index contributed by atoms with van der Waals surface area (Å²) in [6, 6.07) is 5.12. The topological polar surface area (TPSA) is 21.3 Å². The van der Waals surface area contributed by atoms with Crippen molar-refractivity contribution in [1.82, 2.24) is 5.32 Å². The Morgan fingerprint density at radius 3 is 2.37 bits per heavy atom. The molecule has 2 nitrogen and oxygen atoms in total. The zero-order valence-electron chi connectivity index (χ0n) is 12.8. The van der Waals surface area contributed by atoms with Gasteiger partial charge in [0.15, 0.2) is 0 Å². The summed E-state index contributed by atoms with van der Waals surface area (Å²) in [6.07, 6.45) is 6.60. The van der Waals surface area contributed by atoms with Gasteiger partial charge < -0.3 is 10.1 Å². The second-order valence-corrected chi connectivity index (χ2v) is 5.89. The summed E-state index contributed by atoms with van der Waals surface area (Å²) >= 11 is 0. The Morgan fingerprint density at radius 1 is 1.11 bits per heavy atom. The molecule has 2 rings (SSSR count). The SMILES string of the molecule is CNC1CCC(Cc2ccc(OC)c(C)c2C)CC1. The van der Waals surface area contributed by atoms with E-state index in [9.17, 15) is 0 Å². The largest absolute Gasteiger partial charge is 0.496 e. The van der Waals surface area contributed by atoms with E-state index in [1.807, 2.05) is 0 Å². The van der Waals surface area contributed by atoms with Gasteiger partial charge in [-0.25, -0.2) is 0 Å². The molecule has 0 atom stereocenters. The molecule has 0 saturated heterocycles. The number of methoxy groups -OCH3 is 1. The fourth-order valence-electron chi connectivity index (χ4n) is 3.26. The second-order valence-electron chi connectivity index (χ2n) is 5.89. The van der Waals surface area contributed by atoms with E-state index in [0.717, 1.165) is 17.7 Å². The van der Waals surface area contributed by atoms with Crippen LogP contribution in [-0.2, 0) is 6.42 Å². The molecular formula is C17H27NO. The number of nitrogens with one attached hydrogen (secondary N) is 1. The third kappa shape index (κ3) is 3.30.